The molecule has 0 heterocycles. The van der Waals surface area contributed by atoms with Gasteiger partial charge in [0.2, 0.25) is 0 Å². The monoisotopic (exact) mass is 1310 g/mol. The van der Waals surface area contributed by atoms with Crippen molar-refractivity contribution >= 4 is 0 Å². The molecule has 0 aliphatic carbocycles. The SMILES string of the molecule is Cc1ccc(Oc2cc(C(C)(C)C)c(Oc3ccc(C)cc3)cc2C(C)(C)C)cc1.Cc1ccc(Oc2cc(C)c(Oc3ccc(C)cc3)c(C)c2C)cc1.Cc1ccc(Oc2ccc(Oc3ccc(C)cc3)cc2)cc1.Cc1ccc(Oc2cccc(Oc3ccc(C)cc3)c2)cc1. The van der Waals surface area contributed by atoms with Gasteiger partial charge in [-0.15, -0.1) is 0 Å². The van der Waals surface area contributed by atoms with E-state index >= 15 is 0 Å². The highest BCUT2D eigenvalue weighted by molar-refractivity contribution is 5.56. The summed E-state index contributed by atoms with van der Waals surface area (Å²) in [6.07, 6.45) is 0. The van der Waals surface area contributed by atoms with Gasteiger partial charge >= 0.3 is 0 Å². The largest absolute Gasteiger partial charge is 0.457 e. The molecule has 12 rings (SSSR count). The summed E-state index contributed by atoms with van der Waals surface area (Å²) in [6, 6.07) is 86.2. The molecule has 0 aliphatic heterocycles. The van der Waals surface area contributed by atoms with Crippen LogP contribution in [0, 0.1) is 76.2 Å². The van der Waals surface area contributed by atoms with Gasteiger partial charge < -0.3 is 37.9 Å². The summed E-state index contributed by atoms with van der Waals surface area (Å²) in [7, 11) is 0. The van der Waals surface area contributed by atoms with Gasteiger partial charge in [0.1, 0.15) is 92.0 Å². The Hall–Kier alpha value is -11.0. The van der Waals surface area contributed by atoms with Gasteiger partial charge in [-0.3, -0.25) is 0 Å². The van der Waals surface area contributed by atoms with Crippen LogP contribution < -0.4 is 37.9 Å². The first-order chi connectivity index (χ1) is 47.2. The van der Waals surface area contributed by atoms with Crippen molar-refractivity contribution in [3.05, 3.63) is 333 Å². The predicted octanol–water partition coefficient (Wildman–Crippen LogP) is 27.1. The third-order valence-electron chi connectivity index (χ3n) is 16.3. The highest BCUT2D eigenvalue weighted by Gasteiger charge is 2.28. The van der Waals surface area contributed by atoms with Crippen LogP contribution in [0.25, 0.3) is 0 Å². The highest BCUT2D eigenvalue weighted by Crippen LogP contribution is 2.45. The van der Waals surface area contributed by atoms with E-state index in [2.05, 4.69) is 178 Å². The fraction of sp³-hybridized carbons (Fsp3) is 0.209. The Morgan fingerprint density at radius 2 is 0.404 bits per heavy atom. The van der Waals surface area contributed by atoms with Gasteiger partial charge in [0.25, 0.3) is 0 Å². The third-order valence-corrected chi connectivity index (χ3v) is 16.3. The van der Waals surface area contributed by atoms with Gasteiger partial charge in [-0.1, -0.05) is 189 Å². The van der Waals surface area contributed by atoms with E-state index in [4.69, 9.17) is 37.9 Å². The smallest absolute Gasteiger partial charge is 0.133 e. The molecule has 0 saturated carbocycles. The zero-order valence-corrected chi connectivity index (χ0v) is 60.6. The van der Waals surface area contributed by atoms with Crippen molar-refractivity contribution in [2.75, 3.05) is 0 Å². The molecule has 0 N–H and O–H groups in total. The van der Waals surface area contributed by atoms with Crippen molar-refractivity contribution in [2.45, 2.75) is 129 Å². The highest BCUT2D eigenvalue weighted by atomic mass is 16.5. The molecular formula is C91H94O8. The van der Waals surface area contributed by atoms with E-state index in [-0.39, 0.29) is 10.8 Å². The topological polar surface area (TPSA) is 73.8 Å². The van der Waals surface area contributed by atoms with E-state index < -0.39 is 0 Å². The van der Waals surface area contributed by atoms with Crippen LogP contribution in [0.15, 0.2) is 261 Å². The zero-order chi connectivity index (χ0) is 70.8. The van der Waals surface area contributed by atoms with Gasteiger partial charge in [-0.2, -0.15) is 0 Å². The summed E-state index contributed by atoms with van der Waals surface area (Å²) in [5, 5.41) is 0. The molecule has 8 heteroatoms. The lowest BCUT2D eigenvalue weighted by atomic mass is 9.81. The summed E-state index contributed by atoms with van der Waals surface area (Å²) in [6.45, 7) is 36.0. The molecule has 99 heavy (non-hydrogen) atoms. The average molecular weight is 1320 g/mol. The van der Waals surface area contributed by atoms with Crippen LogP contribution in [0.1, 0.15) is 114 Å². The number of hydrogen-bond donors (Lipinski definition) is 0. The first-order valence-corrected chi connectivity index (χ1v) is 33.7. The van der Waals surface area contributed by atoms with Gasteiger partial charge in [-0.05, 0) is 255 Å². The number of benzene rings is 12. The second kappa shape index (κ2) is 33.3. The molecule has 0 unspecified atom stereocenters. The Morgan fingerprint density at radius 3 is 0.657 bits per heavy atom. The van der Waals surface area contributed by atoms with Gasteiger partial charge in [0.15, 0.2) is 0 Å². The number of rotatable bonds is 16. The van der Waals surface area contributed by atoms with Gasteiger partial charge in [0.05, 0.1) is 0 Å². The standard InChI is InChI=1S/C28H34O2.C23H24O2.2C20H18O2/c1-19-9-13-21(14-10-19)29-25-17-24(28(6,7)8)26(18-23(25)27(3,4)5)30-22-15-11-20(2)12-16-22;1-15-6-10-20(11-7-15)24-22-14-17(3)23(19(5)18(22)4)25-21-12-8-16(2)9-13-21;1-15-3-7-17(8-4-15)21-19-11-13-20(14-12-19)22-18-9-5-16(2)6-10-18;1-15-6-10-17(11-7-15)21-19-4-3-5-20(14-19)22-18-12-8-16(2)9-13-18/h9-18H,1-8H3;6-14H,1-5H3;2*3-14H,1-2H3. The molecular weight excluding hydrogens is 1220 g/mol. The lowest BCUT2D eigenvalue weighted by molar-refractivity contribution is 0.429. The van der Waals surface area contributed by atoms with Gasteiger partial charge in [-0.25, -0.2) is 0 Å². The molecule has 0 spiro atoms. The lowest BCUT2D eigenvalue weighted by Crippen LogP contribution is -2.17. The minimum Gasteiger partial charge on any atom is -0.457 e. The first kappa shape index (κ1) is 72.3. The minimum atomic E-state index is -0.0954. The molecule has 0 atom stereocenters. The maximum Gasteiger partial charge on any atom is 0.133 e. The average Bonchev–Trinajstić information content (AvgIpc) is 0.777. The molecule has 12 aromatic rings. The van der Waals surface area contributed by atoms with Gasteiger partial charge in [0, 0.05) is 17.2 Å². The molecule has 0 saturated heterocycles. The van der Waals surface area contributed by atoms with Crippen LogP contribution in [0.4, 0.5) is 0 Å². The van der Waals surface area contributed by atoms with E-state index in [0.29, 0.717) is 0 Å². The zero-order valence-electron chi connectivity index (χ0n) is 60.6. The normalized spacial score (nSPS) is 10.9. The maximum atomic E-state index is 6.39. The minimum absolute atomic E-state index is 0.0954. The Balaban J connectivity index is 0.000000155. The third kappa shape index (κ3) is 22.0. The van der Waals surface area contributed by atoms with E-state index in [9.17, 15) is 0 Å². The van der Waals surface area contributed by atoms with E-state index in [0.717, 1.165) is 120 Å². The van der Waals surface area contributed by atoms with Crippen LogP contribution >= 0.6 is 0 Å². The van der Waals surface area contributed by atoms with E-state index in [1.165, 1.54) is 44.5 Å². The van der Waals surface area contributed by atoms with Crippen LogP contribution in [0.2, 0.25) is 0 Å². The van der Waals surface area contributed by atoms with Crippen molar-refractivity contribution in [3.8, 4) is 92.0 Å². The predicted molar refractivity (Wildman–Crippen MR) is 407 cm³/mol. The quantitative estimate of drug-likeness (QED) is 0.0947. The molecule has 12 aromatic carbocycles. The number of ether oxygens (including phenoxy) is 8. The summed E-state index contributed by atoms with van der Waals surface area (Å²) < 4.78 is 48.3. The number of hydrogen-bond acceptors (Lipinski definition) is 8. The van der Waals surface area contributed by atoms with Crippen molar-refractivity contribution in [2.24, 2.45) is 0 Å². The van der Waals surface area contributed by atoms with Crippen LogP contribution in [0.5, 0.6) is 92.0 Å². The fourth-order valence-electron chi connectivity index (χ4n) is 10.3. The van der Waals surface area contributed by atoms with E-state index in [1.54, 1.807) is 0 Å². The fourth-order valence-corrected chi connectivity index (χ4v) is 10.3. The summed E-state index contributed by atoms with van der Waals surface area (Å²) in [5.41, 5.74) is 15.0. The number of aryl methyl sites for hydroxylation is 9. The van der Waals surface area contributed by atoms with Crippen LogP contribution in [-0.4, -0.2) is 0 Å². The molecule has 0 amide bonds. The molecule has 0 radical (unpaired) electrons. The van der Waals surface area contributed by atoms with E-state index in [1.807, 2.05) is 200 Å². The second-order valence-electron chi connectivity index (χ2n) is 27.4. The van der Waals surface area contributed by atoms with Crippen molar-refractivity contribution < 1.29 is 37.9 Å². The Morgan fingerprint density at radius 1 is 0.192 bits per heavy atom. The molecule has 0 fully saturated rings. The van der Waals surface area contributed by atoms with Crippen molar-refractivity contribution in [1.82, 2.24) is 0 Å². The molecule has 0 aromatic heterocycles. The first-order valence-electron chi connectivity index (χ1n) is 33.7. The molecule has 0 bridgehead atoms. The molecule has 0 aliphatic rings. The second-order valence-corrected chi connectivity index (χ2v) is 27.4. The maximum absolute atomic E-state index is 6.39. The van der Waals surface area contributed by atoms with Crippen molar-refractivity contribution in [3.63, 3.8) is 0 Å². The Labute approximate surface area is 588 Å². The lowest BCUT2D eigenvalue weighted by Gasteiger charge is -2.29. The Kier molecular flexibility index (Phi) is 24.3. The summed E-state index contributed by atoms with van der Waals surface area (Å²) >= 11 is 0. The van der Waals surface area contributed by atoms with Crippen molar-refractivity contribution in [1.29, 1.82) is 0 Å². The molecule has 506 valence electrons. The Bertz CT molecular complexity index is 4310. The summed E-state index contributed by atoms with van der Waals surface area (Å²) in [4.78, 5) is 0. The van der Waals surface area contributed by atoms with Crippen LogP contribution in [-0.2, 0) is 10.8 Å². The molecule has 8 nitrogen and oxygen atoms in total. The summed E-state index contributed by atoms with van der Waals surface area (Å²) in [5.74, 6) is 13.3. The van der Waals surface area contributed by atoms with Crippen LogP contribution in [0.3, 0.4) is 0 Å².